The van der Waals surface area contributed by atoms with Gasteiger partial charge in [0.05, 0.1) is 6.10 Å². The van der Waals surface area contributed by atoms with E-state index in [1.165, 1.54) is 6.08 Å². The lowest BCUT2D eigenvalue weighted by atomic mass is 10.2. The summed E-state index contributed by atoms with van der Waals surface area (Å²) in [6.45, 7) is 6.82. The van der Waals surface area contributed by atoms with Gasteiger partial charge < -0.3 is 5.11 Å². The largest absolute Gasteiger partial charge is 0.389 e. The SMILES string of the molecule is C=CC[C@@H](O)C=C. The molecule has 0 bridgehead atoms. The van der Waals surface area contributed by atoms with Crippen LogP contribution in [0, 0.1) is 0 Å². The van der Waals surface area contributed by atoms with Crippen molar-refractivity contribution in [3.05, 3.63) is 25.3 Å². The predicted molar refractivity (Wildman–Crippen MR) is 31.0 cm³/mol. The maximum absolute atomic E-state index is 8.67. The van der Waals surface area contributed by atoms with Crippen LogP contribution >= 0.6 is 0 Å². The Bertz CT molecular complexity index is 66.6. The third-order valence-electron chi connectivity index (χ3n) is 0.680. The highest BCUT2D eigenvalue weighted by Crippen LogP contribution is 1.89. The fourth-order valence-corrected chi connectivity index (χ4v) is 0.267. The summed E-state index contributed by atoms with van der Waals surface area (Å²) >= 11 is 0. The van der Waals surface area contributed by atoms with E-state index in [4.69, 9.17) is 5.11 Å². The second-order valence-corrected chi connectivity index (χ2v) is 1.33. The Hall–Kier alpha value is -0.560. The molecule has 7 heavy (non-hydrogen) atoms. The molecule has 0 radical (unpaired) electrons. The molecule has 0 aliphatic rings. The highest BCUT2D eigenvalue weighted by atomic mass is 16.3. The summed E-state index contributed by atoms with van der Waals surface area (Å²) in [4.78, 5) is 0. The standard InChI is InChI=1S/C6H10O/c1-3-5-6(7)4-2/h3-4,6-7H,1-2,5H2/t6-/m0/s1. The maximum Gasteiger partial charge on any atom is 0.0752 e. The van der Waals surface area contributed by atoms with E-state index in [2.05, 4.69) is 13.2 Å². The summed E-state index contributed by atoms with van der Waals surface area (Å²) in [5.41, 5.74) is 0. The highest BCUT2D eigenvalue weighted by Gasteiger charge is 1.88. The third kappa shape index (κ3) is 3.27. The van der Waals surface area contributed by atoms with Gasteiger partial charge in [-0.05, 0) is 6.42 Å². The van der Waals surface area contributed by atoms with Gasteiger partial charge in [0.1, 0.15) is 0 Å². The van der Waals surface area contributed by atoms with Gasteiger partial charge in [-0.3, -0.25) is 0 Å². The molecule has 1 nitrogen and oxygen atoms in total. The van der Waals surface area contributed by atoms with E-state index in [0.717, 1.165) is 0 Å². The topological polar surface area (TPSA) is 20.2 Å². The number of hydrogen-bond acceptors (Lipinski definition) is 1. The van der Waals surface area contributed by atoms with Crippen LogP contribution in [0.15, 0.2) is 25.3 Å². The van der Waals surface area contributed by atoms with Crippen LogP contribution in [0.1, 0.15) is 6.42 Å². The normalized spacial score (nSPS) is 12.7. The highest BCUT2D eigenvalue weighted by molar-refractivity contribution is 4.84. The molecule has 0 aromatic heterocycles. The van der Waals surface area contributed by atoms with E-state index in [1.54, 1.807) is 6.08 Å². The average molecular weight is 98.1 g/mol. The van der Waals surface area contributed by atoms with Crippen LogP contribution in [0.2, 0.25) is 0 Å². The van der Waals surface area contributed by atoms with E-state index in [-0.39, 0.29) is 0 Å². The maximum atomic E-state index is 8.67. The molecule has 0 amide bonds. The van der Waals surface area contributed by atoms with Crippen molar-refractivity contribution >= 4 is 0 Å². The molecule has 0 rings (SSSR count). The molecular weight excluding hydrogens is 88.1 g/mol. The lowest BCUT2D eigenvalue weighted by Crippen LogP contribution is -1.96. The van der Waals surface area contributed by atoms with Gasteiger partial charge in [-0.2, -0.15) is 0 Å². The zero-order chi connectivity index (χ0) is 5.70. The summed E-state index contributed by atoms with van der Waals surface area (Å²) in [5.74, 6) is 0. The van der Waals surface area contributed by atoms with Gasteiger partial charge in [0.2, 0.25) is 0 Å². The second-order valence-electron chi connectivity index (χ2n) is 1.33. The van der Waals surface area contributed by atoms with Crippen LogP contribution in [0.5, 0.6) is 0 Å². The van der Waals surface area contributed by atoms with E-state index < -0.39 is 6.10 Å². The molecule has 0 aliphatic heterocycles. The molecule has 40 valence electrons. The average Bonchev–Trinajstić information content (AvgIpc) is 1.68. The van der Waals surface area contributed by atoms with Crippen molar-refractivity contribution in [2.24, 2.45) is 0 Å². The summed E-state index contributed by atoms with van der Waals surface area (Å²) in [6.07, 6.45) is 3.34. The summed E-state index contributed by atoms with van der Waals surface area (Å²) in [6, 6.07) is 0. The van der Waals surface area contributed by atoms with Crippen molar-refractivity contribution in [1.82, 2.24) is 0 Å². The monoisotopic (exact) mass is 98.1 g/mol. The molecular formula is C6H10O. The van der Waals surface area contributed by atoms with Gasteiger partial charge in [0.25, 0.3) is 0 Å². The second kappa shape index (κ2) is 3.62. The molecule has 0 aromatic carbocycles. The van der Waals surface area contributed by atoms with E-state index in [0.29, 0.717) is 6.42 Å². The minimum atomic E-state index is -0.405. The quantitative estimate of drug-likeness (QED) is 0.524. The van der Waals surface area contributed by atoms with Crippen LogP contribution in [0.25, 0.3) is 0 Å². The van der Waals surface area contributed by atoms with Crippen molar-refractivity contribution < 1.29 is 5.11 Å². The van der Waals surface area contributed by atoms with Gasteiger partial charge in [-0.25, -0.2) is 0 Å². The van der Waals surface area contributed by atoms with Gasteiger partial charge in [0, 0.05) is 0 Å². The first kappa shape index (κ1) is 6.44. The van der Waals surface area contributed by atoms with Gasteiger partial charge in [-0.15, -0.1) is 13.2 Å². The summed E-state index contributed by atoms with van der Waals surface area (Å²) in [5, 5.41) is 8.67. The van der Waals surface area contributed by atoms with Crippen LogP contribution in [0.4, 0.5) is 0 Å². The fourth-order valence-electron chi connectivity index (χ4n) is 0.267. The van der Waals surface area contributed by atoms with Gasteiger partial charge in [0.15, 0.2) is 0 Å². The van der Waals surface area contributed by atoms with Crippen LogP contribution in [-0.2, 0) is 0 Å². The molecule has 0 heterocycles. The van der Waals surface area contributed by atoms with Crippen LogP contribution in [0.3, 0.4) is 0 Å². The first-order valence-corrected chi connectivity index (χ1v) is 2.22. The molecule has 0 aromatic rings. The lowest BCUT2D eigenvalue weighted by Gasteiger charge is -1.95. The predicted octanol–water partition coefficient (Wildman–Crippen LogP) is 1.11. The minimum absolute atomic E-state index is 0.405. The third-order valence-corrected chi connectivity index (χ3v) is 0.680. The molecule has 0 fully saturated rings. The van der Waals surface area contributed by atoms with Gasteiger partial charge in [-0.1, -0.05) is 12.2 Å². The van der Waals surface area contributed by atoms with Crippen molar-refractivity contribution in [2.75, 3.05) is 0 Å². The molecule has 0 spiro atoms. The zero-order valence-corrected chi connectivity index (χ0v) is 4.30. The molecule has 0 saturated carbocycles. The number of aliphatic hydroxyl groups excluding tert-OH is 1. The Morgan fingerprint density at radius 1 is 1.57 bits per heavy atom. The molecule has 0 aliphatic carbocycles. The van der Waals surface area contributed by atoms with Crippen molar-refractivity contribution in [1.29, 1.82) is 0 Å². The Morgan fingerprint density at radius 2 is 2.14 bits per heavy atom. The first-order chi connectivity index (χ1) is 3.31. The molecule has 0 unspecified atom stereocenters. The van der Waals surface area contributed by atoms with Crippen molar-refractivity contribution in [3.63, 3.8) is 0 Å². The lowest BCUT2D eigenvalue weighted by molar-refractivity contribution is 0.227. The smallest absolute Gasteiger partial charge is 0.0752 e. The minimum Gasteiger partial charge on any atom is -0.389 e. The Kier molecular flexibility index (Phi) is 3.33. The summed E-state index contributed by atoms with van der Waals surface area (Å²) in [7, 11) is 0. The zero-order valence-electron chi connectivity index (χ0n) is 4.30. The summed E-state index contributed by atoms with van der Waals surface area (Å²) < 4.78 is 0. The Labute approximate surface area is 44.0 Å². The first-order valence-electron chi connectivity index (χ1n) is 2.22. The number of hydrogen-bond donors (Lipinski definition) is 1. The number of rotatable bonds is 3. The molecule has 0 saturated heterocycles. The Balaban J connectivity index is 3.15. The van der Waals surface area contributed by atoms with Crippen LogP contribution in [-0.4, -0.2) is 11.2 Å². The fraction of sp³-hybridized carbons (Fsp3) is 0.333. The van der Waals surface area contributed by atoms with E-state index in [1.807, 2.05) is 0 Å². The van der Waals surface area contributed by atoms with Crippen molar-refractivity contribution in [2.45, 2.75) is 12.5 Å². The molecule has 1 heteroatoms. The molecule has 1 N–H and O–H groups in total. The van der Waals surface area contributed by atoms with E-state index >= 15 is 0 Å². The number of aliphatic hydroxyl groups is 1. The van der Waals surface area contributed by atoms with Gasteiger partial charge >= 0.3 is 0 Å². The van der Waals surface area contributed by atoms with Crippen molar-refractivity contribution in [3.8, 4) is 0 Å². The van der Waals surface area contributed by atoms with E-state index in [9.17, 15) is 0 Å². The Morgan fingerprint density at radius 3 is 2.29 bits per heavy atom. The molecule has 1 atom stereocenters. The van der Waals surface area contributed by atoms with Crippen LogP contribution < -0.4 is 0 Å².